The molecule has 0 saturated carbocycles. The molecule has 2 aromatic heterocycles. The van der Waals surface area contributed by atoms with Crippen LogP contribution in [-0.4, -0.2) is 17.8 Å². The van der Waals surface area contributed by atoms with Crippen LogP contribution in [0, 0.1) is 13.8 Å². The summed E-state index contributed by atoms with van der Waals surface area (Å²) in [6, 6.07) is 5.38. The summed E-state index contributed by atoms with van der Waals surface area (Å²) in [4.78, 5) is 4.60. The Balaban J connectivity index is 2.06. The second kappa shape index (κ2) is 4.74. The van der Waals surface area contributed by atoms with Gasteiger partial charge in [0.2, 0.25) is 5.03 Å². The molecule has 0 aliphatic rings. The van der Waals surface area contributed by atoms with E-state index in [2.05, 4.69) is 9.71 Å². The molecule has 21 heavy (non-hydrogen) atoms. The zero-order chi connectivity index (χ0) is 15.2. The Labute approximate surface area is 126 Å². The minimum Gasteiger partial charge on any atom is -0.381 e. The van der Waals surface area contributed by atoms with Crippen molar-refractivity contribution in [2.45, 2.75) is 18.9 Å². The van der Waals surface area contributed by atoms with E-state index in [0.717, 1.165) is 11.1 Å². The van der Waals surface area contributed by atoms with Crippen molar-refractivity contribution in [2.24, 2.45) is 0 Å². The molecule has 2 heterocycles. The highest BCUT2D eigenvalue weighted by atomic mass is 32.2. The second-order valence-corrected chi connectivity index (χ2v) is 7.23. The zero-order valence-electron chi connectivity index (χ0n) is 11.5. The molecule has 0 atom stereocenters. The second-order valence-electron chi connectivity index (χ2n) is 4.76. The maximum absolute atomic E-state index is 12.5. The molecule has 6 nitrogen and oxygen atoms in total. The maximum Gasteiger partial charge on any atom is 0.281 e. The number of aromatic nitrogens is 2. The number of rotatable bonds is 3. The van der Waals surface area contributed by atoms with Crippen molar-refractivity contribution in [1.29, 1.82) is 0 Å². The Morgan fingerprint density at radius 3 is 2.76 bits per heavy atom. The standard InChI is InChI=1S/C13H14N4O2S2/c1-8-3-4-10(7-9(8)2)16-21(18,19)12-11(14)15-13-17(12)5-6-20-13/h3-7,16H,14H2,1-2H3. The lowest BCUT2D eigenvalue weighted by atomic mass is 10.1. The van der Waals surface area contributed by atoms with Gasteiger partial charge in [-0.05, 0) is 37.1 Å². The Morgan fingerprint density at radius 2 is 2.05 bits per heavy atom. The molecular formula is C13H14N4O2S2. The number of benzene rings is 1. The van der Waals surface area contributed by atoms with Gasteiger partial charge < -0.3 is 5.73 Å². The summed E-state index contributed by atoms with van der Waals surface area (Å²) < 4.78 is 29.1. The number of aryl methyl sites for hydroxylation is 2. The van der Waals surface area contributed by atoms with Crippen LogP contribution in [0.2, 0.25) is 0 Å². The van der Waals surface area contributed by atoms with Crippen molar-refractivity contribution < 1.29 is 8.42 Å². The summed E-state index contributed by atoms with van der Waals surface area (Å²) in [5.74, 6) is -0.00168. The summed E-state index contributed by atoms with van der Waals surface area (Å²) in [5.41, 5.74) is 8.36. The fourth-order valence-electron chi connectivity index (χ4n) is 2.06. The first-order valence-electron chi connectivity index (χ1n) is 6.19. The van der Waals surface area contributed by atoms with Crippen molar-refractivity contribution in [3.8, 4) is 0 Å². The third kappa shape index (κ3) is 2.36. The van der Waals surface area contributed by atoms with Crippen LogP contribution >= 0.6 is 11.3 Å². The predicted octanol–water partition coefficient (Wildman–Crippen LogP) is 2.40. The Bertz CT molecular complexity index is 925. The van der Waals surface area contributed by atoms with Gasteiger partial charge in [0.1, 0.15) is 0 Å². The van der Waals surface area contributed by atoms with E-state index in [4.69, 9.17) is 5.73 Å². The van der Waals surface area contributed by atoms with Crippen LogP contribution in [0.4, 0.5) is 11.5 Å². The molecule has 3 N–H and O–H groups in total. The average molecular weight is 322 g/mol. The summed E-state index contributed by atoms with van der Waals surface area (Å²) in [5, 5.41) is 1.73. The van der Waals surface area contributed by atoms with Gasteiger partial charge in [0.15, 0.2) is 10.8 Å². The van der Waals surface area contributed by atoms with Gasteiger partial charge in [-0.2, -0.15) is 8.42 Å². The van der Waals surface area contributed by atoms with Crippen LogP contribution in [0.15, 0.2) is 34.8 Å². The van der Waals surface area contributed by atoms with E-state index in [0.29, 0.717) is 10.6 Å². The number of nitrogens with two attached hydrogens (primary N) is 1. The van der Waals surface area contributed by atoms with Gasteiger partial charge in [-0.3, -0.25) is 9.12 Å². The number of nitrogen functional groups attached to an aromatic ring is 1. The van der Waals surface area contributed by atoms with Gasteiger partial charge in [0.05, 0.1) is 0 Å². The van der Waals surface area contributed by atoms with Gasteiger partial charge in [0, 0.05) is 17.3 Å². The fourth-order valence-corrected chi connectivity index (χ4v) is 4.10. The molecule has 0 aliphatic carbocycles. The van der Waals surface area contributed by atoms with E-state index < -0.39 is 10.0 Å². The number of imidazole rings is 1. The van der Waals surface area contributed by atoms with Crippen molar-refractivity contribution in [1.82, 2.24) is 9.38 Å². The van der Waals surface area contributed by atoms with Crippen LogP contribution < -0.4 is 10.5 Å². The molecular weight excluding hydrogens is 308 g/mol. The molecule has 0 aliphatic heterocycles. The molecule has 8 heteroatoms. The lowest BCUT2D eigenvalue weighted by Crippen LogP contribution is -2.16. The molecule has 1 aromatic carbocycles. The van der Waals surface area contributed by atoms with Gasteiger partial charge in [-0.1, -0.05) is 6.07 Å². The first-order chi connectivity index (χ1) is 9.88. The number of nitrogens with zero attached hydrogens (tertiary/aromatic N) is 2. The summed E-state index contributed by atoms with van der Waals surface area (Å²) in [6.45, 7) is 3.90. The molecule has 0 unspecified atom stereocenters. The van der Waals surface area contributed by atoms with Crippen LogP contribution in [0.25, 0.3) is 4.96 Å². The highest BCUT2D eigenvalue weighted by Crippen LogP contribution is 2.26. The lowest BCUT2D eigenvalue weighted by molar-refractivity contribution is 0.597. The fraction of sp³-hybridized carbons (Fsp3) is 0.154. The Hall–Kier alpha value is -2.06. The molecule has 0 radical (unpaired) electrons. The predicted molar refractivity (Wildman–Crippen MR) is 84.2 cm³/mol. The van der Waals surface area contributed by atoms with Crippen LogP contribution in [0.5, 0.6) is 0 Å². The van der Waals surface area contributed by atoms with E-state index in [9.17, 15) is 8.42 Å². The Kier molecular flexibility index (Phi) is 3.14. The SMILES string of the molecule is Cc1ccc(NS(=O)(=O)c2c(N)nc3sccn23)cc1C. The largest absolute Gasteiger partial charge is 0.381 e. The molecule has 3 aromatic rings. The zero-order valence-corrected chi connectivity index (χ0v) is 13.1. The molecule has 3 rings (SSSR count). The molecule has 0 amide bonds. The van der Waals surface area contributed by atoms with E-state index in [1.807, 2.05) is 19.9 Å². The molecule has 0 saturated heterocycles. The third-order valence-corrected chi connectivity index (χ3v) is 5.43. The molecule has 110 valence electrons. The highest BCUT2D eigenvalue weighted by Gasteiger charge is 2.24. The van der Waals surface area contributed by atoms with Gasteiger partial charge in [-0.15, -0.1) is 11.3 Å². The summed E-state index contributed by atoms with van der Waals surface area (Å²) in [7, 11) is -3.79. The average Bonchev–Trinajstić information content (AvgIpc) is 2.92. The number of anilines is 2. The summed E-state index contributed by atoms with van der Waals surface area (Å²) in [6.07, 6.45) is 1.64. The number of fused-ring (bicyclic) bond motifs is 1. The molecule has 0 fully saturated rings. The normalized spacial score (nSPS) is 11.9. The Morgan fingerprint density at radius 1 is 1.29 bits per heavy atom. The van der Waals surface area contributed by atoms with Crippen molar-refractivity contribution in [3.05, 3.63) is 40.9 Å². The van der Waals surface area contributed by atoms with Crippen LogP contribution in [0.3, 0.4) is 0 Å². The maximum atomic E-state index is 12.5. The van der Waals surface area contributed by atoms with Crippen molar-refractivity contribution >= 4 is 37.8 Å². The number of nitrogens with one attached hydrogen (secondary N) is 1. The van der Waals surface area contributed by atoms with Gasteiger partial charge in [-0.25, -0.2) is 4.98 Å². The monoisotopic (exact) mass is 322 g/mol. The smallest absolute Gasteiger partial charge is 0.281 e. The first kappa shape index (κ1) is 13.9. The van der Waals surface area contributed by atoms with E-state index in [1.165, 1.54) is 15.7 Å². The van der Waals surface area contributed by atoms with Crippen LogP contribution in [-0.2, 0) is 10.0 Å². The topological polar surface area (TPSA) is 89.5 Å². The molecule has 0 bridgehead atoms. The van der Waals surface area contributed by atoms with Crippen molar-refractivity contribution in [2.75, 3.05) is 10.5 Å². The quantitative estimate of drug-likeness (QED) is 0.775. The van der Waals surface area contributed by atoms with Crippen LogP contribution in [0.1, 0.15) is 11.1 Å². The number of hydrogen-bond donors (Lipinski definition) is 2. The van der Waals surface area contributed by atoms with Crippen molar-refractivity contribution in [3.63, 3.8) is 0 Å². The van der Waals surface area contributed by atoms with E-state index in [1.54, 1.807) is 23.7 Å². The first-order valence-corrected chi connectivity index (χ1v) is 8.56. The number of sulfonamides is 1. The molecule has 0 spiro atoms. The minimum absolute atomic E-state index is 0.00168. The minimum atomic E-state index is -3.79. The van der Waals surface area contributed by atoms with E-state index in [-0.39, 0.29) is 10.8 Å². The number of thiazole rings is 1. The van der Waals surface area contributed by atoms with Gasteiger partial charge >= 0.3 is 0 Å². The summed E-state index contributed by atoms with van der Waals surface area (Å²) >= 11 is 1.33. The van der Waals surface area contributed by atoms with E-state index >= 15 is 0 Å². The third-order valence-electron chi connectivity index (χ3n) is 3.26. The lowest BCUT2D eigenvalue weighted by Gasteiger charge is -2.09. The van der Waals surface area contributed by atoms with Gasteiger partial charge in [0.25, 0.3) is 10.0 Å². The number of hydrogen-bond acceptors (Lipinski definition) is 5. The highest BCUT2D eigenvalue weighted by molar-refractivity contribution is 7.92.